The molecule has 9 rings (SSSR count). The van der Waals surface area contributed by atoms with E-state index in [0.29, 0.717) is 5.70 Å². The molecule has 0 saturated heterocycles. The van der Waals surface area contributed by atoms with Crippen LogP contribution in [0.15, 0.2) is 216 Å². The maximum absolute atomic E-state index is 6.95. The van der Waals surface area contributed by atoms with Crippen LogP contribution >= 0.6 is 0 Å². The Kier molecular flexibility index (Phi) is 9.97. The third-order valence-electron chi connectivity index (χ3n) is 11.5. The van der Waals surface area contributed by atoms with Crippen LogP contribution in [0.4, 0.5) is 0 Å². The smallest absolute Gasteiger partial charge is 0.132 e. The van der Waals surface area contributed by atoms with E-state index in [9.17, 15) is 0 Å². The Morgan fingerprint density at radius 3 is 2.02 bits per heavy atom. The number of hydrogen-bond acceptors (Lipinski definition) is 3. The van der Waals surface area contributed by atoms with Crippen molar-refractivity contribution in [3.05, 3.63) is 233 Å². The fraction of sp³-hybridized carbons (Fsp3) is 0.130. The van der Waals surface area contributed by atoms with Gasteiger partial charge in [-0.1, -0.05) is 158 Å². The summed E-state index contributed by atoms with van der Waals surface area (Å²) in [6, 6.07) is 43.4. The standard InChI is InChI=1S/C54H46N2O/c1-38(39-19-5-2-6-20-39)56-51(40-21-7-3-8-22-40)37-50(55)44-26-18-24-42(36-44)41-23-17-25-43(35-41)46-29-11-12-30-47(46)54(45-27-9-4-10-28-45)48-31-13-15-33-52(48)57-53-34-16-14-32-49(53)54/h3,5,7,9,11-21,23-37H,1-2,4,6,8,10,22,55H2/b50-37-,56-51+. The molecule has 0 radical (unpaired) electrons. The Morgan fingerprint density at radius 2 is 1.32 bits per heavy atom. The number of benzene rings is 5. The minimum atomic E-state index is -0.577. The summed E-state index contributed by atoms with van der Waals surface area (Å²) in [6.07, 6.45) is 28.0. The normalized spacial score (nSPS) is 17.1. The van der Waals surface area contributed by atoms with E-state index in [0.717, 1.165) is 106 Å². The molecule has 278 valence electrons. The first kappa shape index (κ1) is 36.0. The average molecular weight is 739 g/mol. The lowest BCUT2D eigenvalue weighted by atomic mass is 9.61. The van der Waals surface area contributed by atoms with Gasteiger partial charge in [-0.2, -0.15) is 0 Å². The first-order chi connectivity index (χ1) is 28.1. The number of nitrogens with two attached hydrogens (primary N) is 1. The molecule has 1 aliphatic heterocycles. The van der Waals surface area contributed by atoms with E-state index < -0.39 is 5.41 Å². The van der Waals surface area contributed by atoms with Gasteiger partial charge in [0.05, 0.1) is 16.8 Å². The predicted octanol–water partition coefficient (Wildman–Crippen LogP) is 13.5. The van der Waals surface area contributed by atoms with E-state index in [1.54, 1.807) is 0 Å². The van der Waals surface area contributed by atoms with Gasteiger partial charge in [-0.25, -0.2) is 4.99 Å². The Labute approximate surface area is 336 Å². The van der Waals surface area contributed by atoms with Gasteiger partial charge >= 0.3 is 0 Å². The van der Waals surface area contributed by atoms with Crippen molar-refractivity contribution in [2.45, 2.75) is 43.9 Å². The fourth-order valence-corrected chi connectivity index (χ4v) is 8.73. The van der Waals surface area contributed by atoms with Crippen molar-refractivity contribution in [3.8, 4) is 33.8 Å². The molecule has 5 aromatic carbocycles. The van der Waals surface area contributed by atoms with E-state index in [1.165, 1.54) is 16.7 Å². The number of nitrogens with zero attached hydrogens (tertiary/aromatic N) is 1. The fourth-order valence-electron chi connectivity index (χ4n) is 8.73. The summed E-state index contributed by atoms with van der Waals surface area (Å²) in [5, 5.41) is 0. The molecule has 0 aromatic heterocycles. The molecule has 0 bridgehead atoms. The van der Waals surface area contributed by atoms with Crippen LogP contribution in [0.25, 0.3) is 28.0 Å². The van der Waals surface area contributed by atoms with Gasteiger partial charge in [0.2, 0.25) is 0 Å². The molecule has 0 saturated carbocycles. The topological polar surface area (TPSA) is 47.6 Å². The van der Waals surface area contributed by atoms with Crippen molar-refractivity contribution in [2.24, 2.45) is 10.7 Å². The Hall–Kier alpha value is -6.71. The second kappa shape index (κ2) is 15.8. The molecular formula is C54H46N2O. The number of fused-ring (bicyclic) bond motifs is 2. The minimum absolute atomic E-state index is 0.577. The second-order valence-corrected chi connectivity index (χ2v) is 15.0. The quantitative estimate of drug-likeness (QED) is 0.153. The van der Waals surface area contributed by atoms with Crippen LogP contribution in [0.3, 0.4) is 0 Å². The second-order valence-electron chi connectivity index (χ2n) is 15.0. The monoisotopic (exact) mass is 738 g/mol. The molecule has 0 unspecified atom stereocenters. The Morgan fingerprint density at radius 1 is 0.649 bits per heavy atom. The summed E-state index contributed by atoms with van der Waals surface area (Å²) in [5.41, 5.74) is 21.2. The van der Waals surface area contributed by atoms with Crippen LogP contribution in [-0.4, -0.2) is 5.71 Å². The number of allylic oxidation sites excluding steroid dienone is 12. The molecule has 0 spiro atoms. The number of aliphatic imine (C=N–C) groups is 1. The molecule has 0 amide bonds. The van der Waals surface area contributed by atoms with E-state index in [4.69, 9.17) is 15.5 Å². The van der Waals surface area contributed by atoms with Crippen molar-refractivity contribution in [3.63, 3.8) is 0 Å². The third-order valence-corrected chi connectivity index (χ3v) is 11.5. The van der Waals surface area contributed by atoms with Gasteiger partial charge in [0, 0.05) is 16.8 Å². The van der Waals surface area contributed by atoms with Crippen LogP contribution in [-0.2, 0) is 5.41 Å². The summed E-state index contributed by atoms with van der Waals surface area (Å²) in [4.78, 5) is 5.06. The Bertz CT molecular complexity index is 2590. The summed E-state index contributed by atoms with van der Waals surface area (Å²) >= 11 is 0. The van der Waals surface area contributed by atoms with E-state index in [1.807, 2.05) is 6.08 Å². The molecule has 3 aliphatic carbocycles. The maximum atomic E-state index is 6.95. The molecule has 3 nitrogen and oxygen atoms in total. The van der Waals surface area contributed by atoms with Gasteiger partial charge in [-0.3, -0.25) is 0 Å². The maximum Gasteiger partial charge on any atom is 0.132 e. The molecule has 1 heterocycles. The summed E-state index contributed by atoms with van der Waals surface area (Å²) in [5.74, 6) is 1.78. The largest absolute Gasteiger partial charge is 0.457 e. The zero-order valence-electron chi connectivity index (χ0n) is 32.2. The molecular weight excluding hydrogens is 693 g/mol. The van der Waals surface area contributed by atoms with Gasteiger partial charge in [0.25, 0.3) is 0 Å². The van der Waals surface area contributed by atoms with Crippen LogP contribution in [0.2, 0.25) is 0 Å². The molecule has 0 fully saturated rings. The van der Waals surface area contributed by atoms with Crippen LogP contribution < -0.4 is 10.5 Å². The number of hydrogen-bond donors (Lipinski definition) is 1. The van der Waals surface area contributed by atoms with Gasteiger partial charge in [-0.15, -0.1) is 0 Å². The number of rotatable bonds is 9. The summed E-state index contributed by atoms with van der Waals surface area (Å²) < 4.78 is 6.61. The molecule has 2 N–H and O–H groups in total. The van der Waals surface area contributed by atoms with Gasteiger partial charge < -0.3 is 10.5 Å². The predicted molar refractivity (Wildman–Crippen MR) is 238 cm³/mol. The van der Waals surface area contributed by atoms with E-state index >= 15 is 0 Å². The highest BCUT2D eigenvalue weighted by molar-refractivity contribution is 6.12. The summed E-state index contributed by atoms with van der Waals surface area (Å²) in [6.45, 7) is 4.33. The molecule has 5 aromatic rings. The minimum Gasteiger partial charge on any atom is -0.457 e. The molecule has 3 heteroatoms. The third kappa shape index (κ3) is 6.91. The SMILES string of the molecule is C=C(/N=C(\C=C(/N)c1cccc(-c2cccc(-c3ccccc3C3(C4=CCCC=C4)c4ccccc4Oc4ccccc43)c2)c1)C1=CC=CCC1)C1=CCCC=C1. The summed E-state index contributed by atoms with van der Waals surface area (Å²) in [7, 11) is 0. The van der Waals surface area contributed by atoms with Crippen LogP contribution in [0, 0.1) is 0 Å². The van der Waals surface area contributed by atoms with Crippen molar-refractivity contribution in [1.29, 1.82) is 0 Å². The zero-order valence-corrected chi connectivity index (χ0v) is 32.2. The van der Waals surface area contributed by atoms with Crippen molar-refractivity contribution in [1.82, 2.24) is 0 Å². The van der Waals surface area contributed by atoms with Gasteiger partial charge in [-0.05, 0) is 119 Å². The highest BCUT2D eigenvalue weighted by atomic mass is 16.5. The number of ether oxygens (including phenoxy) is 1. The lowest BCUT2D eigenvalue weighted by Crippen LogP contribution is -2.35. The number of para-hydroxylation sites is 2. The Balaban J connectivity index is 1.13. The molecule has 57 heavy (non-hydrogen) atoms. The molecule has 4 aliphatic rings. The van der Waals surface area contributed by atoms with E-state index in [2.05, 4.69) is 183 Å². The first-order valence-corrected chi connectivity index (χ1v) is 20.1. The molecule has 0 atom stereocenters. The highest BCUT2D eigenvalue weighted by Gasteiger charge is 2.47. The van der Waals surface area contributed by atoms with E-state index in [-0.39, 0.29) is 0 Å². The first-order valence-electron chi connectivity index (χ1n) is 20.1. The lowest BCUT2D eigenvalue weighted by molar-refractivity contribution is 0.434. The van der Waals surface area contributed by atoms with Crippen LogP contribution in [0.1, 0.15) is 60.8 Å². The van der Waals surface area contributed by atoms with Gasteiger partial charge in [0.15, 0.2) is 0 Å². The van der Waals surface area contributed by atoms with Crippen molar-refractivity contribution >= 4 is 11.4 Å². The van der Waals surface area contributed by atoms with Crippen molar-refractivity contribution in [2.75, 3.05) is 0 Å². The van der Waals surface area contributed by atoms with Crippen molar-refractivity contribution < 1.29 is 4.74 Å². The highest BCUT2D eigenvalue weighted by Crippen LogP contribution is 2.57. The van der Waals surface area contributed by atoms with Crippen LogP contribution in [0.5, 0.6) is 11.5 Å². The zero-order chi connectivity index (χ0) is 38.6. The van der Waals surface area contributed by atoms with Gasteiger partial charge in [0.1, 0.15) is 11.5 Å². The lowest BCUT2D eigenvalue weighted by Gasteiger charge is -2.43. The average Bonchev–Trinajstić information content (AvgIpc) is 3.29.